The summed E-state index contributed by atoms with van der Waals surface area (Å²) in [6.45, 7) is 2.57. The lowest BCUT2D eigenvalue weighted by atomic mass is 10.0. The summed E-state index contributed by atoms with van der Waals surface area (Å²) in [6.07, 6.45) is 1.09. The van der Waals surface area contributed by atoms with Gasteiger partial charge in [0.2, 0.25) is 5.82 Å². The highest BCUT2D eigenvalue weighted by Gasteiger charge is 2.25. The number of hydrogen-bond donors (Lipinski definition) is 0. The zero-order valence-corrected chi connectivity index (χ0v) is 17.7. The van der Waals surface area contributed by atoms with E-state index in [9.17, 15) is 5.26 Å². The van der Waals surface area contributed by atoms with Crippen molar-refractivity contribution in [1.82, 2.24) is 14.8 Å². The van der Waals surface area contributed by atoms with Gasteiger partial charge in [0.05, 0.1) is 11.4 Å². The van der Waals surface area contributed by atoms with Gasteiger partial charge < -0.3 is 0 Å². The normalized spacial score (nSPS) is 12.6. The van der Waals surface area contributed by atoms with Crippen LogP contribution in [-0.2, 0) is 6.54 Å². The number of halogens is 1. The molecule has 5 nitrogen and oxygen atoms in total. The summed E-state index contributed by atoms with van der Waals surface area (Å²) in [4.78, 5) is 6.07. The molecule has 7 heteroatoms. The maximum Gasteiger partial charge on any atom is 0.239 e. The van der Waals surface area contributed by atoms with E-state index in [-0.39, 0.29) is 0 Å². The highest BCUT2D eigenvalue weighted by Crippen LogP contribution is 2.34. The van der Waals surface area contributed by atoms with Crippen molar-refractivity contribution in [2.75, 3.05) is 5.75 Å². The van der Waals surface area contributed by atoms with Crippen molar-refractivity contribution in [3.63, 3.8) is 0 Å². The third-order valence-corrected chi connectivity index (χ3v) is 6.18. The smallest absolute Gasteiger partial charge is 0.239 e. The molecule has 4 rings (SSSR count). The first-order chi connectivity index (χ1) is 13.2. The molecule has 0 amide bonds. The number of fused-ring (bicyclic) bond motifs is 3. The molecule has 2 heterocycles. The number of hydrogen-bond acceptors (Lipinski definition) is 5. The lowest BCUT2D eigenvalue weighted by Crippen LogP contribution is -2.10. The third kappa shape index (κ3) is 3.39. The number of nitrogens with zero attached hydrogens (tertiary/aromatic N) is 5. The van der Waals surface area contributed by atoms with E-state index in [1.54, 1.807) is 0 Å². The lowest BCUT2D eigenvalue weighted by molar-refractivity contribution is 0.867. The average molecular weight is 485 g/mol. The Kier molecular flexibility index (Phi) is 5.27. The van der Waals surface area contributed by atoms with Gasteiger partial charge in [-0.25, -0.2) is 0 Å². The van der Waals surface area contributed by atoms with Crippen molar-refractivity contribution in [2.45, 2.75) is 24.8 Å². The zero-order chi connectivity index (χ0) is 18.8. The number of nitriles is 1. The summed E-state index contributed by atoms with van der Waals surface area (Å²) >= 11 is 4.14. The molecular weight excluding hydrogens is 469 g/mol. The first-order valence-electron chi connectivity index (χ1n) is 8.64. The Morgan fingerprint density at radius 1 is 1.22 bits per heavy atom. The van der Waals surface area contributed by atoms with Gasteiger partial charge in [0.15, 0.2) is 5.82 Å². The molecule has 0 saturated carbocycles. The Labute approximate surface area is 175 Å². The van der Waals surface area contributed by atoms with Crippen LogP contribution >= 0.6 is 34.4 Å². The Morgan fingerprint density at radius 3 is 2.85 bits per heavy atom. The van der Waals surface area contributed by atoms with E-state index >= 15 is 0 Å². The highest BCUT2D eigenvalue weighted by atomic mass is 127. The maximum atomic E-state index is 9.51. The molecule has 0 unspecified atom stereocenters. The minimum atomic E-state index is 0.294. The molecule has 1 aromatic heterocycles. The second-order valence-electron chi connectivity index (χ2n) is 6.06. The van der Waals surface area contributed by atoms with Crippen molar-refractivity contribution >= 4 is 40.1 Å². The maximum absolute atomic E-state index is 9.51. The molecule has 0 spiro atoms. The van der Waals surface area contributed by atoms with Gasteiger partial charge in [-0.05, 0) is 59.0 Å². The van der Waals surface area contributed by atoms with E-state index in [1.165, 1.54) is 0 Å². The predicted molar refractivity (Wildman–Crippen MR) is 116 cm³/mol. The van der Waals surface area contributed by atoms with Crippen molar-refractivity contribution in [3.05, 3.63) is 68.8 Å². The van der Waals surface area contributed by atoms with Crippen LogP contribution in [0.3, 0.4) is 0 Å². The first-order valence-corrected chi connectivity index (χ1v) is 10.7. The molecule has 2 aromatic carbocycles. The molecule has 134 valence electrons. The van der Waals surface area contributed by atoms with Crippen molar-refractivity contribution in [3.8, 4) is 11.8 Å². The van der Waals surface area contributed by atoms with E-state index < -0.39 is 0 Å². The van der Waals surface area contributed by atoms with E-state index in [1.807, 2.05) is 34.5 Å². The molecule has 0 atom stereocenters. The van der Waals surface area contributed by atoms with Crippen molar-refractivity contribution < 1.29 is 0 Å². The molecule has 27 heavy (non-hydrogen) atoms. The van der Waals surface area contributed by atoms with Crippen LogP contribution in [0.1, 0.15) is 36.1 Å². The Morgan fingerprint density at radius 2 is 2.07 bits per heavy atom. The summed E-state index contributed by atoms with van der Waals surface area (Å²) in [7, 11) is 0. The fourth-order valence-corrected chi connectivity index (χ4v) is 4.61. The van der Waals surface area contributed by atoms with E-state index in [0.717, 1.165) is 43.2 Å². The van der Waals surface area contributed by atoms with Crippen LogP contribution in [0.2, 0.25) is 0 Å². The van der Waals surface area contributed by atoms with Gasteiger partial charge >= 0.3 is 0 Å². The minimum absolute atomic E-state index is 0.294. The van der Waals surface area contributed by atoms with Crippen LogP contribution in [0, 0.1) is 14.9 Å². The van der Waals surface area contributed by atoms with Gasteiger partial charge in [-0.2, -0.15) is 5.26 Å². The second-order valence-corrected chi connectivity index (χ2v) is 8.44. The first kappa shape index (κ1) is 18.2. The number of benzene rings is 2. The standard InChI is InChI=1S/C20H16IN5S/c1-2-9-27-16-8-4-7-15-19(16)20(13-5-3-6-14(21)10-13)23-12-18-25-24-17(11-22)26(15)18/h3-8,10H,2,9,12H2,1H3. The molecular formula is C20H16IN5S. The van der Waals surface area contributed by atoms with Crippen molar-refractivity contribution in [1.29, 1.82) is 5.26 Å². The quantitative estimate of drug-likeness (QED) is 0.401. The summed E-state index contributed by atoms with van der Waals surface area (Å²) in [5.74, 6) is 2.00. The number of aliphatic imine (C=N–C) groups is 1. The summed E-state index contributed by atoms with van der Waals surface area (Å²) in [5, 5.41) is 17.7. The number of thioether (sulfide) groups is 1. The summed E-state index contributed by atoms with van der Waals surface area (Å²) in [6, 6.07) is 16.7. The Balaban J connectivity index is 1.99. The fraction of sp³-hybridized carbons (Fsp3) is 0.200. The molecule has 0 aliphatic carbocycles. The van der Waals surface area contributed by atoms with Crippen LogP contribution in [0.25, 0.3) is 5.69 Å². The fourth-order valence-electron chi connectivity index (χ4n) is 3.12. The zero-order valence-electron chi connectivity index (χ0n) is 14.7. The monoisotopic (exact) mass is 485 g/mol. The van der Waals surface area contributed by atoms with E-state index in [4.69, 9.17) is 4.99 Å². The number of aromatic nitrogens is 3. The molecule has 1 aliphatic heterocycles. The molecule has 0 radical (unpaired) electrons. The largest absolute Gasteiger partial charge is 0.276 e. The molecule has 0 N–H and O–H groups in total. The van der Waals surface area contributed by atoms with Crippen LogP contribution in [0.4, 0.5) is 0 Å². The predicted octanol–water partition coefficient (Wildman–Crippen LogP) is 4.60. The molecule has 1 aliphatic rings. The molecule has 0 bridgehead atoms. The van der Waals surface area contributed by atoms with Crippen LogP contribution < -0.4 is 0 Å². The van der Waals surface area contributed by atoms with E-state index in [2.05, 4.69) is 70.0 Å². The number of rotatable bonds is 4. The summed E-state index contributed by atoms with van der Waals surface area (Å²) < 4.78 is 3.00. The van der Waals surface area contributed by atoms with Crippen LogP contribution in [0.5, 0.6) is 0 Å². The van der Waals surface area contributed by atoms with Gasteiger partial charge in [0, 0.05) is 19.6 Å². The van der Waals surface area contributed by atoms with Crippen LogP contribution in [-0.4, -0.2) is 26.2 Å². The average Bonchev–Trinajstić information content (AvgIpc) is 3.02. The Hall–Kier alpha value is -2.18. The third-order valence-electron chi connectivity index (χ3n) is 4.25. The highest BCUT2D eigenvalue weighted by molar-refractivity contribution is 14.1. The summed E-state index contributed by atoms with van der Waals surface area (Å²) in [5.41, 5.74) is 3.98. The van der Waals surface area contributed by atoms with Gasteiger partial charge in [0.25, 0.3) is 0 Å². The topological polar surface area (TPSA) is 66.9 Å². The van der Waals surface area contributed by atoms with Gasteiger partial charge in [-0.1, -0.05) is 25.1 Å². The second kappa shape index (κ2) is 7.82. The van der Waals surface area contributed by atoms with Gasteiger partial charge in [-0.15, -0.1) is 22.0 Å². The van der Waals surface area contributed by atoms with Crippen molar-refractivity contribution in [2.24, 2.45) is 4.99 Å². The lowest BCUT2D eigenvalue weighted by Gasteiger charge is -2.16. The SMILES string of the molecule is CCCSc1cccc2c1C(c1cccc(I)c1)=NCc1nnc(C#N)n1-2. The van der Waals surface area contributed by atoms with Gasteiger partial charge in [-0.3, -0.25) is 9.56 Å². The molecule has 3 aromatic rings. The van der Waals surface area contributed by atoms with E-state index in [0.29, 0.717) is 18.2 Å². The minimum Gasteiger partial charge on any atom is -0.276 e. The van der Waals surface area contributed by atoms with Gasteiger partial charge in [0.1, 0.15) is 12.6 Å². The van der Waals surface area contributed by atoms with Crippen LogP contribution in [0.15, 0.2) is 52.4 Å². The molecule has 0 saturated heterocycles. The molecule has 0 fully saturated rings. The Bertz CT molecular complexity index is 1080.